The average Bonchev–Trinajstić information content (AvgIpc) is 2.90. The monoisotopic (exact) mass is 295 g/mol. The van der Waals surface area contributed by atoms with E-state index >= 15 is 0 Å². The lowest BCUT2D eigenvalue weighted by Crippen LogP contribution is -2.48. The smallest absolute Gasteiger partial charge is 0.228 e. The maximum atomic E-state index is 12.6. The van der Waals surface area contributed by atoms with Gasteiger partial charge in [0.1, 0.15) is 0 Å². The van der Waals surface area contributed by atoms with Crippen molar-refractivity contribution in [1.82, 2.24) is 9.80 Å². The largest absolute Gasteiger partial charge is 0.377 e. The summed E-state index contributed by atoms with van der Waals surface area (Å²) in [6, 6.07) is 0.236. The Labute approximate surface area is 124 Å². The fourth-order valence-electron chi connectivity index (χ4n) is 2.85. The Kier molecular flexibility index (Phi) is 4.31. The fourth-order valence-corrected chi connectivity index (χ4v) is 3.80. The van der Waals surface area contributed by atoms with E-state index in [1.165, 1.54) is 0 Å². The quantitative estimate of drug-likeness (QED) is 0.794. The number of rotatable bonds is 3. The summed E-state index contributed by atoms with van der Waals surface area (Å²) in [5.41, 5.74) is 1.11. The SMILES string of the molecule is CC[C@H]1COCCN1C(=O)CC1=CSC2=NCCCN12. The van der Waals surface area contributed by atoms with Crippen LogP contribution in [0.2, 0.25) is 0 Å². The van der Waals surface area contributed by atoms with E-state index in [2.05, 4.69) is 22.2 Å². The first-order valence-corrected chi connectivity index (χ1v) is 8.22. The zero-order valence-corrected chi connectivity index (χ0v) is 12.7. The van der Waals surface area contributed by atoms with Crippen molar-refractivity contribution >= 4 is 22.8 Å². The molecule has 3 rings (SSSR count). The van der Waals surface area contributed by atoms with Crippen LogP contribution in [0, 0.1) is 0 Å². The normalized spacial score (nSPS) is 26.1. The van der Waals surface area contributed by atoms with Crippen LogP contribution >= 0.6 is 11.8 Å². The van der Waals surface area contributed by atoms with Gasteiger partial charge in [0.25, 0.3) is 0 Å². The van der Waals surface area contributed by atoms with Gasteiger partial charge in [-0.05, 0) is 18.2 Å². The average molecular weight is 295 g/mol. The van der Waals surface area contributed by atoms with E-state index in [1.54, 1.807) is 11.8 Å². The van der Waals surface area contributed by atoms with Crippen LogP contribution in [0.15, 0.2) is 16.1 Å². The lowest BCUT2D eigenvalue weighted by atomic mass is 10.1. The zero-order valence-electron chi connectivity index (χ0n) is 11.9. The number of amides is 1. The number of carbonyl (C=O) groups is 1. The molecule has 1 saturated heterocycles. The van der Waals surface area contributed by atoms with E-state index in [0.29, 0.717) is 19.6 Å². The molecule has 0 aromatic rings. The topological polar surface area (TPSA) is 45.1 Å². The van der Waals surface area contributed by atoms with Gasteiger partial charge in [0.2, 0.25) is 5.91 Å². The molecule has 110 valence electrons. The number of nitrogens with zero attached hydrogens (tertiary/aromatic N) is 3. The van der Waals surface area contributed by atoms with Crippen LogP contribution in [0.25, 0.3) is 0 Å². The van der Waals surface area contributed by atoms with Crippen molar-refractivity contribution in [3.8, 4) is 0 Å². The number of hydrogen-bond acceptors (Lipinski definition) is 5. The molecule has 0 radical (unpaired) electrons. The van der Waals surface area contributed by atoms with Crippen LogP contribution in [0.3, 0.4) is 0 Å². The highest BCUT2D eigenvalue weighted by molar-refractivity contribution is 8.16. The summed E-state index contributed by atoms with van der Waals surface area (Å²) in [6.07, 6.45) is 2.52. The Hall–Kier alpha value is -1.01. The van der Waals surface area contributed by atoms with Gasteiger partial charge in [-0.1, -0.05) is 18.7 Å². The van der Waals surface area contributed by atoms with E-state index in [1.807, 2.05) is 4.90 Å². The van der Waals surface area contributed by atoms with Gasteiger partial charge in [0, 0.05) is 25.3 Å². The first-order valence-electron chi connectivity index (χ1n) is 7.34. The second-order valence-corrected chi connectivity index (χ2v) is 6.13. The molecule has 20 heavy (non-hydrogen) atoms. The highest BCUT2D eigenvalue weighted by Crippen LogP contribution is 2.31. The maximum Gasteiger partial charge on any atom is 0.228 e. The molecule has 0 aromatic carbocycles. The Morgan fingerprint density at radius 2 is 2.45 bits per heavy atom. The van der Waals surface area contributed by atoms with Crippen LogP contribution in [0.4, 0.5) is 0 Å². The molecule has 0 N–H and O–H groups in total. The van der Waals surface area contributed by atoms with Crippen LogP contribution < -0.4 is 0 Å². The third-order valence-electron chi connectivity index (χ3n) is 4.02. The van der Waals surface area contributed by atoms with Crippen molar-refractivity contribution in [1.29, 1.82) is 0 Å². The van der Waals surface area contributed by atoms with Gasteiger partial charge in [-0.2, -0.15) is 0 Å². The molecule has 1 fully saturated rings. The van der Waals surface area contributed by atoms with E-state index in [-0.39, 0.29) is 11.9 Å². The molecular formula is C14H21N3O2S. The van der Waals surface area contributed by atoms with Crippen molar-refractivity contribution in [2.24, 2.45) is 4.99 Å². The van der Waals surface area contributed by atoms with Crippen molar-refractivity contribution in [3.63, 3.8) is 0 Å². The molecule has 0 saturated carbocycles. The number of hydrogen-bond donors (Lipinski definition) is 0. The van der Waals surface area contributed by atoms with Crippen LogP contribution in [-0.2, 0) is 9.53 Å². The van der Waals surface area contributed by atoms with Crippen molar-refractivity contribution in [2.45, 2.75) is 32.2 Å². The number of amidine groups is 1. The summed E-state index contributed by atoms with van der Waals surface area (Å²) in [5, 5.41) is 3.15. The van der Waals surface area contributed by atoms with E-state index < -0.39 is 0 Å². The predicted octanol–water partition coefficient (Wildman–Crippen LogP) is 1.66. The molecule has 1 atom stereocenters. The second kappa shape index (κ2) is 6.18. The Morgan fingerprint density at radius 3 is 3.30 bits per heavy atom. The summed E-state index contributed by atoms with van der Waals surface area (Å²) in [7, 11) is 0. The molecule has 0 unspecified atom stereocenters. The minimum absolute atomic E-state index is 0.221. The molecule has 3 aliphatic heterocycles. The second-order valence-electron chi connectivity index (χ2n) is 5.30. The number of fused-ring (bicyclic) bond motifs is 1. The molecular weight excluding hydrogens is 274 g/mol. The first kappa shape index (κ1) is 13.9. The minimum atomic E-state index is 0.221. The fraction of sp³-hybridized carbons (Fsp3) is 0.714. The van der Waals surface area contributed by atoms with Crippen LogP contribution in [0.5, 0.6) is 0 Å². The Bertz CT molecular complexity index is 450. The van der Waals surface area contributed by atoms with Gasteiger partial charge >= 0.3 is 0 Å². The molecule has 0 spiro atoms. The molecule has 0 aromatic heterocycles. The Morgan fingerprint density at radius 1 is 1.55 bits per heavy atom. The Balaban J connectivity index is 1.64. The van der Waals surface area contributed by atoms with Gasteiger partial charge in [-0.15, -0.1) is 0 Å². The van der Waals surface area contributed by atoms with Crippen molar-refractivity contribution in [2.75, 3.05) is 32.8 Å². The standard InChI is InChI=1S/C14H21N3O2S/c1-2-11-9-19-7-6-16(11)13(18)8-12-10-20-14-15-4-3-5-17(12)14/h10-11H,2-9H2,1H3/t11-/m0/s1. The highest BCUT2D eigenvalue weighted by Gasteiger charge is 2.30. The third-order valence-corrected chi connectivity index (χ3v) is 4.97. The predicted molar refractivity (Wildman–Crippen MR) is 80.5 cm³/mol. The summed E-state index contributed by atoms with van der Waals surface area (Å²) in [5.74, 6) is 0.221. The number of morpholine rings is 1. The van der Waals surface area contributed by atoms with Crippen molar-refractivity contribution < 1.29 is 9.53 Å². The maximum absolute atomic E-state index is 12.6. The third kappa shape index (κ3) is 2.72. The van der Waals surface area contributed by atoms with E-state index in [0.717, 1.165) is 43.3 Å². The van der Waals surface area contributed by atoms with Crippen molar-refractivity contribution in [3.05, 3.63) is 11.1 Å². The lowest BCUT2D eigenvalue weighted by molar-refractivity contribution is -0.139. The van der Waals surface area contributed by atoms with Gasteiger partial charge < -0.3 is 14.5 Å². The van der Waals surface area contributed by atoms with Gasteiger partial charge in [0.15, 0.2) is 5.17 Å². The van der Waals surface area contributed by atoms with Crippen LogP contribution in [-0.4, -0.2) is 59.8 Å². The van der Waals surface area contributed by atoms with E-state index in [9.17, 15) is 4.79 Å². The number of aliphatic imine (C=N–C) groups is 1. The molecule has 1 amide bonds. The summed E-state index contributed by atoms with van der Waals surface area (Å²) >= 11 is 1.65. The van der Waals surface area contributed by atoms with Gasteiger partial charge in [-0.3, -0.25) is 9.79 Å². The lowest BCUT2D eigenvalue weighted by Gasteiger charge is -2.36. The minimum Gasteiger partial charge on any atom is -0.377 e. The van der Waals surface area contributed by atoms with E-state index in [4.69, 9.17) is 4.74 Å². The molecule has 0 aliphatic carbocycles. The molecule has 6 heteroatoms. The summed E-state index contributed by atoms with van der Waals surface area (Å²) in [4.78, 5) is 21.2. The number of carbonyl (C=O) groups excluding carboxylic acids is 1. The zero-order chi connectivity index (χ0) is 13.9. The van der Waals surface area contributed by atoms with Gasteiger partial charge in [0.05, 0.1) is 25.7 Å². The molecule has 3 heterocycles. The first-order chi connectivity index (χ1) is 9.79. The molecule has 3 aliphatic rings. The molecule has 5 nitrogen and oxygen atoms in total. The molecule has 0 bridgehead atoms. The van der Waals surface area contributed by atoms with Gasteiger partial charge in [-0.25, -0.2) is 0 Å². The summed E-state index contributed by atoms with van der Waals surface area (Å²) in [6.45, 7) is 6.07. The number of ether oxygens (including phenoxy) is 1. The summed E-state index contributed by atoms with van der Waals surface area (Å²) < 4.78 is 5.47. The number of thioether (sulfide) groups is 1. The highest BCUT2D eigenvalue weighted by atomic mass is 32.2. The van der Waals surface area contributed by atoms with Crippen LogP contribution in [0.1, 0.15) is 26.2 Å².